The van der Waals surface area contributed by atoms with Crippen LogP contribution in [0.5, 0.6) is 0 Å². The minimum absolute atomic E-state index is 0.140. The van der Waals surface area contributed by atoms with Gasteiger partial charge in [-0.25, -0.2) is 14.5 Å². The summed E-state index contributed by atoms with van der Waals surface area (Å²) in [6.07, 6.45) is 0. The molecule has 0 N–H and O–H groups in total. The number of hydrogen-bond acceptors (Lipinski definition) is 7. The third kappa shape index (κ3) is 4.98. The van der Waals surface area contributed by atoms with Crippen LogP contribution >= 0.6 is 22.9 Å². The first-order valence-corrected chi connectivity index (χ1v) is 12.9. The lowest BCUT2D eigenvalue weighted by atomic mass is 10.1. The van der Waals surface area contributed by atoms with E-state index >= 15 is 0 Å². The number of carbonyl (C=O) groups is 2. The van der Waals surface area contributed by atoms with Crippen LogP contribution in [-0.4, -0.2) is 64.3 Å². The van der Waals surface area contributed by atoms with Crippen molar-refractivity contribution in [3.8, 4) is 16.4 Å². The highest BCUT2D eigenvalue weighted by atomic mass is 35.5. The van der Waals surface area contributed by atoms with Gasteiger partial charge in [-0.05, 0) is 31.2 Å². The zero-order chi connectivity index (χ0) is 25.1. The van der Waals surface area contributed by atoms with Gasteiger partial charge in [-0.2, -0.15) is 5.10 Å². The molecule has 3 heterocycles. The van der Waals surface area contributed by atoms with Crippen molar-refractivity contribution in [1.29, 1.82) is 0 Å². The van der Waals surface area contributed by atoms with Crippen molar-refractivity contribution in [2.45, 2.75) is 6.92 Å². The van der Waals surface area contributed by atoms with Crippen molar-refractivity contribution in [3.63, 3.8) is 0 Å². The normalized spacial score (nSPS) is 13.6. The molecule has 2 aromatic heterocycles. The average molecular weight is 522 g/mol. The number of esters is 1. The molecule has 1 saturated heterocycles. The molecule has 1 aliphatic heterocycles. The Labute approximate surface area is 217 Å². The van der Waals surface area contributed by atoms with Gasteiger partial charge in [0, 0.05) is 47.8 Å². The second kappa shape index (κ2) is 10.5. The summed E-state index contributed by atoms with van der Waals surface area (Å²) in [4.78, 5) is 34.0. The van der Waals surface area contributed by atoms with Gasteiger partial charge < -0.3 is 14.5 Å². The van der Waals surface area contributed by atoms with Crippen LogP contribution in [0.15, 0.2) is 66.0 Å². The molecular weight excluding hydrogens is 498 g/mol. The fraction of sp³-hybridized carbons (Fsp3) is 0.231. The predicted molar refractivity (Wildman–Crippen MR) is 140 cm³/mol. The number of amides is 1. The van der Waals surface area contributed by atoms with Crippen molar-refractivity contribution in [3.05, 3.63) is 82.5 Å². The smallest absolute Gasteiger partial charge is 0.357 e. The standard InChI is InChI=1S/C26H24ClN5O3S/c1-2-35-25(34)22-17-36-26(28-22)32-23(18-7-4-3-5-8-18)16-21(29-32)24(33)31-13-11-30(12-14-31)20-10-6-9-19(27)15-20/h3-10,15-17H,2,11-14H2,1H3. The molecule has 4 aromatic rings. The first-order chi connectivity index (χ1) is 17.5. The number of thiazole rings is 1. The molecule has 2 aromatic carbocycles. The van der Waals surface area contributed by atoms with E-state index < -0.39 is 5.97 Å². The fourth-order valence-electron chi connectivity index (χ4n) is 4.11. The Kier molecular flexibility index (Phi) is 7.02. The molecule has 10 heteroatoms. The van der Waals surface area contributed by atoms with Gasteiger partial charge in [0.1, 0.15) is 0 Å². The minimum Gasteiger partial charge on any atom is -0.461 e. The van der Waals surface area contributed by atoms with E-state index in [-0.39, 0.29) is 18.2 Å². The van der Waals surface area contributed by atoms with Gasteiger partial charge in [-0.3, -0.25) is 4.79 Å². The monoisotopic (exact) mass is 521 g/mol. The van der Waals surface area contributed by atoms with Gasteiger partial charge in [-0.1, -0.05) is 48.0 Å². The summed E-state index contributed by atoms with van der Waals surface area (Å²) in [5.41, 5.74) is 3.21. The highest BCUT2D eigenvalue weighted by molar-refractivity contribution is 7.12. The zero-order valence-electron chi connectivity index (χ0n) is 19.6. The van der Waals surface area contributed by atoms with Crippen LogP contribution in [-0.2, 0) is 4.74 Å². The van der Waals surface area contributed by atoms with Crippen molar-refractivity contribution in [1.82, 2.24) is 19.7 Å². The highest BCUT2D eigenvalue weighted by Crippen LogP contribution is 2.27. The summed E-state index contributed by atoms with van der Waals surface area (Å²) >= 11 is 7.42. The van der Waals surface area contributed by atoms with Gasteiger partial charge >= 0.3 is 5.97 Å². The topological polar surface area (TPSA) is 80.6 Å². The van der Waals surface area contributed by atoms with E-state index in [4.69, 9.17) is 16.3 Å². The first-order valence-electron chi connectivity index (χ1n) is 11.6. The largest absolute Gasteiger partial charge is 0.461 e. The van der Waals surface area contributed by atoms with E-state index in [2.05, 4.69) is 15.0 Å². The number of halogens is 1. The third-order valence-electron chi connectivity index (χ3n) is 5.90. The van der Waals surface area contributed by atoms with Gasteiger partial charge in [0.25, 0.3) is 5.91 Å². The maximum atomic E-state index is 13.4. The average Bonchev–Trinajstić information content (AvgIpc) is 3.57. The van der Waals surface area contributed by atoms with Gasteiger partial charge in [0.05, 0.1) is 12.3 Å². The number of benzene rings is 2. The molecule has 36 heavy (non-hydrogen) atoms. The molecule has 1 aliphatic rings. The molecule has 0 saturated carbocycles. The lowest BCUT2D eigenvalue weighted by Crippen LogP contribution is -2.48. The summed E-state index contributed by atoms with van der Waals surface area (Å²) < 4.78 is 6.69. The van der Waals surface area contributed by atoms with Crippen molar-refractivity contribution < 1.29 is 14.3 Å². The molecule has 0 bridgehead atoms. The van der Waals surface area contributed by atoms with E-state index in [1.54, 1.807) is 23.1 Å². The molecule has 184 valence electrons. The quantitative estimate of drug-likeness (QED) is 0.339. The lowest BCUT2D eigenvalue weighted by molar-refractivity contribution is 0.0520. The van der Waals surface area contributed by atoms with Crippen molar-refractivity contribution in [2.75, 3.05) is 37.7 Å². The Morgan fingerprint density at radius 1 is 1.00 bits per heavy atom. The Balaban J connectivity index is 1.40. The molecule has 0 spiro atoms. The number of aromatic nitrogens is 3. The van der Waals surface area contributed by atoms with E-state index in [9.17, 15) is 9.59 Å². The van der Waals surface area contributed by atoms with Crippen LogP contribution in [0.4, 0.5) is 5.69 Å². The maximum Gasteiger partial charge on any atom is 0.357 e. The molecule has 0 aliphatic carbocycles. The van der Waals surface area contributed by atoms with E-state index in [0.717, 1.165) is 16.9 Å². The first kappa shape index (κ1) is 24.0. The Morgan fingerprint density at radius 2 is 1.78 bits per heavy atom. The van der Waals surface area contributed by atoms with Crippen molar-refractivity contribution in [2.24, 2.45) is 0 Å². The SMILES string of the molecule is CCOC(=O)c1csc(-n2nc(C(=O)N3CCN(c4cccc(Cl)c4)CC3)cc2-c2ccccc2)n1. The lowest BCUT2D eigenvalue weighted by Gasteiger charge is -2.35. The Hall–Kier alpha value is -3.69. The maximum absolute atomic E-state index is 13.4. The number of rotatable bonds is 6. The molecular formula is C26H24ClN5O3S. The molecule has 1 fully saturated rings. The minimum atomic E-state index is -0.484. The van der Waals surface area contributed by atoms with Crippen LogP contribution < -0.4 is 4.90 Å². The molecule has 1 amide bonds. The second-order valence-electron chi connectivity index (χ2n) is 8.19. The van der Waals surface area contributed by atoms with E-state index in [1.807, 2.05) is 59.5 Å². The Bertz CT molecular complexity index is 1380. The number of nitrogens with zero attached hydrogens (tertiary/aromatic N) is 5. The van der Waals surface area contributed by atoms with Gasteiger partial charge in [0.15, 0.2) is 11.4 Å². The number of piperazine rings is 1. The number of ether oxygens (including phenoxy) is 1. The third-order valence-corrected chi connectivity index (χ3v) is 6.95. The number of carbonyl (C=O) groups excluding carboxylic acids is 2. The summed E-state index contributed by atoms with van der Waals surface area (Å²) in [6, 6.07) is 19.2. The fourth-order valence-corrected chi connectivity index (χ4v) is 5.05. The molecule has 0 atom stereocenters. The number of anilines is 1. The summed E-state index contributed by atoms with van der Waals surface area (Å²) in [6.45, 7) is 4.57. The predicted octanol–water partition coefficient (Wildman–Crippen LogP) is 4.79. The Morgan fingerprint density at radius 3 is 2.50 bits per heavy atom. The zero-order valence-corrected chi connectivity index (χ0v) is 21.2. The van der Waals surface area contributed by atoms with Crippen LogP contribution in [0.25, 0.3) is 16.4 Å². The summed E-state index contributed by atoms with van der Waals surface area (Å²) in [5.74, 6) is -0.624. The van der Waals surface area contributed by atoms with Crippen LogP contribution in [0, 0.1) is 0 Å². The van der Waals surface area contributed by atoms with E-state index in [1.165, 1.54) is 11.3 Å². The number of hydrogen-bond donors (Lipinski definition) is 0. The van der Waals surface area contributed by atoms with Gasteiger partial charge in [-0.15, -0.1) is 11.3 Å². The molecule has 0 radical (unpaired) electrons. The molecule has 0 unspecified atom stereocenters. The summed E-state index contributed by atoms with van der Waals surface area (Å²) in [7, 11) is 0. The van der Waals surface area contributed by atoms with E-state index in [0.29, 0.717) is 42.0 Å². The van der Waals surface area contributed by atoms with Gasteiger partial charge in [0.2, 0.25) is 5.13 Å². The second-order valence-corrected chi connectivity index (χ2v) is 9.46. The molecule has 8 nitrogen and oxygen atoms in total. The highest BCUT2D eigenvalue weighted by Gasteiger charge is 2.26. The molecule has 5 rings (SSSR count). The van der Waals surface area contributed by atoms with Crippen molar-refractivity contribution >= 4 is 40.5 Å². The van der Waals surface area contributed by atoms with Crippen LogP contribution in [0.1, 0.15) is 27.9 Å². The van der Waals surface area contributed by atoms with Crippen LogP contribution in [0.2, 0.25) is 5.02 Å². The van der Waals surface area contributed by atoms with Crippen LogP contribution in [0.3, 0.4) is 0 Å². The summed E-state index contributed by atoms with van der Waals surface area (Å²) in [5, 5.41) is 7.45.